The van der Waals surface area contributed by atoms with E-state index in [-0.39, 0.29) is 5.84 Å². The van der Waals surface area contributed by atoms with Crippen LogP contribution in [0.4, 0.5) is 0 Å². The van der Waals surface area contributed by atoms with Crippen molar-refractivity contribution in [2.75, 3.05) is 0 Å². The smallest absolute Gasteiger partial charge is 0.173 e. The highest BCUT2D eigenvalue weighted by Crippen LogP contribution is 2.31. The van der Waals surface area contributed by atoms with Gasteiger partial charge in [0.1, 0.15) is 11.4 Å². The van der Waals surface area contributed by atoms with Gasteiger partial charge < -0.3 is 15.7 Å². The summed E-state index contributed by atoms with van der Waals surface area (Å²) in [5.74, 6) is 1.02. The predicted octanol–water partition coefficient (Wildman–Crippen LogP) is 2.58. The Kier molecular flexibility index (Phi) is 3.85. The minimum absolute atomic E-state index is 0.0679. The summed E-state index contributed by atoms with van der Waals surface area (Å²) < 4.78 is 7.58. The summed E-state index contributed by atoms with van der Waals surface area (Å²) in [6, 6.07) is 4.92. The number of ether oxygens (including phenoxy) is 1. The normalized spacial score (nSPS) is 11.7. The van der Waals surface area contributed by atoms with Gasteiger partial charge in [0.25, 0.3) is 0 Å². The van der Waals surface area contributed by atoms with Gasteiger partial charge in [0, 0.05) is 12.1 Å². The van der Waals surface area contributed by atoms with Crippen LogP contribution in [0.3, 0.4) is 0 Å². The summed E-state index contributed by atoms with van der Waals surface area (Å²) in [4.78, 5) is 0. The number of halogens is 1. The highest BCUT2D eigenvalue weighted by Gasteiger charge is 2.16. The molecule has 20 heavy (non-hydrogen) atoms. The third kappa shape index (κ3) is 2.55. The van der Waals surface area contributed by atoms with Crippen molar-refractivity contribution < 1.29 is 9.94 Å². The molecule has 7 heteroatoms. The molecule has 0 fully saturated rings. The molecule has 0 saturated carbocycles. The molecule has 6 nitrogen and oxygen atoms in total. The van der Waals surface area contributed by atoms with Crippen molar-refractivity contribution in [3.05, 3.63) is 40.2 Å². The van der Waals surface area contributed by atoms with Gasteiger partial charge >= 0.3 is 0 Å². The van der Waals surface area contributed by atoms with E-state index in [1.165, 1.54) is 0 Å². The van der Waals surface area contributed by atoms with Crippen molar-refractivity contribution >= 4 is 17.4 Å². The number of aryl methyl sites for hydroxylation is 2. The van der Waals surface area contributed by atoms with Crippen LogP contribution >= 0.6 is 11.6 Å². The first-order valence-corrected chi connectivity index (χ1v) is 6.27. The van der Waals surface area contributed by atoms with E-state index in [2.05, 4.69) is 10.3 Å². The molecule has 0 spiro atoms. The lowest BCUT2D eigenvalue weighted by atomic mass is 10.2. The fourth-order valence-corrected chi connectivity index (χ4v) is 2.03. The van der Waals surface area contributed by atoms with E-state index in [0.29, 0.717) is 22.1 Å². The van der Waals surface area contributed by atoms with E-state index in [0.717, 1.165) is 11.4 Å². The van der Waals surface area contributed by atoms with Gasteiger partial charge in [0.2, 0.25) is 0 Å². The Balaban J connectivity index is 2.48. The molecule has 0 aliphatic heterocycles. The lowest BCUT2D eigenvalue weighted by Gasteiger charge is -2.11. The highest BCUT2D eigenvalue weighted by molar-refractivity contribution is 6.31. The van der Waals surface area contributed by atoms with Gasteiger partial charge in [-0.2, -0.15) is 5.10 Å². The van der Waals surface area contributed by atoms with Gasteiger partial charge in [-0.25, -0.2) is 0 Å². The number of hydrogen-bond acceptors (Lipinski definition) is 4. The molecule has 1 aromatic carbocycles. The molecular formula is C13H15ClN4O2. The summed E-state index contributed by atoms with van der Waals surface area (Å²) in [5, 5.41) is 16.6. The van der Waals surface area contributed by atoms with Crippen LogP contribution in [0.2, 0.25) is 5.02 Å². The number of nitrogens with two attached hydrogens (primary N) is 1. The minimum atomic E-state index is -0.0679. The summed E-state index contributed by atoms with van der Waals surface area (Å²) in [7, 11) is 1.83. The third-order valence-corrected chi connectivity index (χ3v) is 3.22. The predicted molar refractivity (Wildman–Crippen MR) is 76.7 cm³/mol. The number of nitrogens with zero attached hydrogens (tertiary/aromatic N) is 3. The Bertz CT molecular complexity index is 679. The maximum Gasteiger partial charge on any atom is 0.173 e. The average Bonchev–Trinajstić information content (AvgIpc) is 2.66. The van der Waals surface area contributed by atoms with E-state index in [4.69, 9.17) is 27.3 Å². The number of amidine groups is 1. The van der Waals surface area contributed by atoms with Crippen molar-refractivity contribution in [1.29, 1.82) is 0 Å². The molecule has 2 rings (SSSR count). The number of rotatable bonds is 3. The second-order valence-electron chi connectivity index (χ2n) is 4.35. The Morgan fingerprint density at radius 3 is 2.70 bits per heavy atom. The summed E-state index contributed by atoms with van der Waals surface area (Å²) in [5.41, 5.74) is 7.69. The highest BCUT2D eigenvalue weighted by atomic mass is 35.5. The topological polar surface area (TPSA) is 85.7 Å². The molecule has 106 valence electrons. The van der Waals surface area contributed by atoms with Gasteiger partial charge in [-0.15, -0.1) is 0 Å². The van der Waals surface area contributed by atoms with Crippen molar-refractivity contribution in [3.8, 4) is 11.5 Å². The maximum atomic E-state index is 8.83. The molecule has 1 aromatic heterocycles. The van der Waals surface area contributed by atoms with Crippen molar-refractivity contribution in [1.82, 2.24) is 9.78 Å². The molecule has 0 amide bonds. The maximum absolute atomic E-state index is 8.83. The van der Waals surface area contributed by atoms with Crippen LogP contribution in [0.1, 0.15) is 17.0 Å². The molecule has 0 radical (unpaired) electrons. The molecule has 0 aliphatic carbocycles. The van der Waals surface area contributed by atoms with E-state index < -0.39 is 0 Å². The van der Waals surface area contributed by atoms with Crippen LogP contribution < -0.4 is 10.5 Å². The van der Waals surface area contributed by atoms with Gasteiger partial charge in [0.15, 0.2) is 11.6 Å². The second kappa shape index (κ2) is 5.42. The number of aromatic nitrogens is 2. The summed E-state index contributed by atoms with van der Waals surface area (Å²) in [6.07, 6.45) is 0. The zero-order valence-corrected chi connectivity index (χ0v) is 12.1. The average molecular weight is 295 g/mol. The first-order valence-electron chi connectivity index (χ1n) is 5.89. The number of oxime groups is 1. The molecule has 0 bridgehead atoms. The quantitative estimate of drug-likeness (QED) is 0.394. The molecule has 0 saturated heterocycles. The van der Waals surface area contributed by atoms with Crippen LogP contribution in [0.15, 0.2) is 23.4 Å². The molecule has 0 unspecified atom stereocenters. The van der Waals surface area contributed by atoms with Crippen LogP contribution in [-0.2, 0) is 7.05 Å². The molecule has 0 aliphatic rings. The Hall–Kier alpha value is -2.21. The largest absolute Gasteiger partial charge is 0.453 e. The van der Waals surface area contributed by atoms with E-state index in [9.17, 15) is 0 Å². The van der Waals surface area contributed by atoms with E-state index in [1.54, 1.807) is 22.9 Å². The van der Waals surface area contributed by atoms with Crippen molar-refractivity contribution in [3.63, 3.8) is 0 Å². The molecule has 0 atom stereocenters. The number of benzene rings is 1. The first-order chi connectivity index (χ1) is 9.43. The zero-order valence-electron chi connectivity index (χ0n) is 11.4. The van der Waals surface area contributed by atoms with Crippen LogP contribution in [0.5, 0.6) is 11.5 Å². The molecule has 2 aromatic rings. The van der Waals surface area contributed by atoms with Crippen LogP contribution in [-0.4, -0.2) is 20.8 Å². The van der Waals surface area contributed by atoms with Gasteiger partial charge in [0.05, 0.1) is 11.3 Å². The first kappa shape index (κ1) is 14.2. The van der Waals surface area contributed by atoms with Gasteiger partial charge in [-0.05, 0) is 32.0 Å². The second-order valence-corrected chi connectivity index (χ2v) is 4.79. The Morgan fingerprint density at radius 1 is 1.45 bits per heavy atom. The molecule has 3 N–H and O–H groups in total. The Morgan fingerprint density at radius 2 is 2.15 bits per heavy atom. The third-order valence-electron chi connectivity index (χ3n) is 2.98. The summed E-state index contributed by atoms with van der Waals surface area (Å²) >= 11 is 5.92. The van der Waals surface area contributed by atoms with Crippen molar-refractivity contribution in [2.45, 2.75) is 13.8 Å². The Labute approximate surface area is 121 Å². The zero-order chi connectivity index (χ0) is 14.9. The SMILES string of the molecule is Cc1nn(C)c(C)c1Oc1ccc(Cl)cc1C(N)=NO. The summed E-state index contributed by atoms with van der Waals surface area (Å²) in [6.45, 7) is 3.75. The lowest BCUT2D eigenvalue weighted by molar-refractivity contribution is 0.318. The van der Waals surface area contributed by atoms with E-state index >= 15 is 0 Å². The van der Waals surface area contributed by atoms with Crippen molar-refractivity contribution in [2.24, 2.45) is 17.9 Å². The van der Waals surface area contributed by atoms with Crippen LogP contribution in [0.25, 0.3) is 0 Å². The monoisotopic (exact) mass is 294 g/mol. The lowest BCUT2D eigenvalue weighted by Crippen LogP contribution is -2.14. The van der Waals surface area contributed by atoms with E-state index in [1.807, 2.05) is 20.9 Å². The number of hydrogen-bond donors (Lipinski definition) is 2. The van der Waals surface area contributed by atoms with Gasteiger partial charge in [-0.3, -0.25) is 4.68 Å². The standard InChI is InChI=1S/C13H15ClN4O2/c1-7-12(8(2)18(3)16-7)20-11-5-4-9(14)6-10(11)13(15)17-19/h4-6,19H,1-3H3,(H2,15,17). The van der Waals surface area contributed by atoms with Gasteiger partial charge in [-0.1, -0.05) is 16.8 Å². The minimum Gasteiger partial charge on any atom is -0.453 e. The molecular weight excluding hydrogens is 280 g/mol. The van der Waals surface area contributed by atoms with Crippen LogP contribution in [0, 0.1) is 13.8 Å². The fraction of sp³-hybridized carbons (Fsp3) is 0.231. The molecule has 1 heterocycles. The fourth-order valence-electron chi connectivity index (χ4n) is 1.86.